The Morgan fingerprint density at radius 3 is 1.20 bits per heavy atom. The first kappa shape index (κ1) is 22.5. The maximum Gasteiger partial charge on any atom is 2.00 e. The zero-order chi connectivity index (χ0) is 7.21. The topological polar surface area (TPSA) is 136 Å². The SMILES string of the molecule is O=P([O-])([O-])[O-].OOO.[Fe+2].[Na+]. The van der Waals surface area contributed by atoms with Crippen LogP contribution in [0, 0.1) is 0 Å². The molecule has 0 amide bonds. The summed E-state index contributed by atoms with van der Waals surface area (Å²) in [5, 5.41) is 15.5. The molecular formula is H2FeNaO7P. The van der Waals surface area contributed by atoms with Crippen molar-refractivity contribution >= 4 is 7.82 Å². The fourth-order valence-corrected chi connectivity index (χ4v) is 0. The van der Waals surface area contributed by atoms with Crippen LogP contribution in [0.2, 0.25) is 0 Å². The minimum atomic E-state index is -5.39. The summed E-state index contributed by atoms with van der Waals surface area (Å²) < 4.78 is 8.55. The van der Waals surface area contributed by atoms with E-state index in [0.717, 1.165) is 0 Å². The standard InChI is InChI=1S/Fe.Na.H3O4P.H2O3/c;;1-5(2,3)4;1-3-2/h;;(H3,1,2,3,4);1-2H/q+2;+1;;/p-3. The number of phosphoric acid groups is 1. The van der Waals surface area contributed by atoms with Gasteiger partial charge in [0.25, 0.3) is 0 Å². The fraction of sp³-hybridized carbons (Fsp3) is 0. The Morgan fingerprint density at radius 1 is 1.20 bits per heavy atom. The molecule has 0 atom stereocenters. The Balaban J connectivity index is -0.0000000326. The molecule has 0 radical (unpaired) electrons. The smallest absolute Gasteiger partial charge is 0.822 e. The van der Waals surface area contributed by atoms with Crippen molar-refractivity contribution in [3.05, 3.63) is 0 Å². The van der Waals surface area contributed by atoms with E-state index >= 15 is 0 Å². The Morgan fingerprint density at radius 2 is 1.20 bits per heavy atom. The van der Waals surface area contributed by atoms with E-state index in [1.165, 1.54) is 0 Å². The zero-order valence-electron chi connectivity index (χ0n) is 4.74. The van der Waals surface area contributed by atoms with Gasteiger partial charge in [-0.05, 0) is 0 Å². The quantitative estimate of drug-likeness (QED) is 0.181. The Hall–Kier alpha value is 1.51. The van der Waals surface area contributed by atoms with Gasteiger partial charge < -0.3 is 19.2 Å². The van der Waals surface area contributed by atoms with Gasteiger partial charge >= 0.3 is 46.6 Å². The number of hydrogen-bond donors (Lipinski definition) is 2. The third kappa shape index (κ3) is 302. The summed E-state index contributed by atoms with van der Waals surface area (Å²) >= 11 is 0. The molecule has 0 spiro atoms. The molecule has 0 rings (SSSR count). The molecule has 0 bridgehead atoms. The van der Waals surface area contributed by atoms with Crippen LogP contribution in [0.25, 0.3) is 0 Å². The van der Waals surface area contributed by atoms with E-state index in [-0.39, 0.29) is 46.6 Å². The average Bonchev–Trinajstić information content (AvgIpc) is 1.27. The van der Waals surface area contributed by atoms with E-state index in [1.54, 1.807) is 0 Å². The Bertz CT molecular complexity index is 69.4. The van der Waals surface area contributed by atoms with Gasteiger partial charge in [0, 0.05) is 0 Å². The summed E-state index contributed by atoms with van der Waals surface area (Å²) in [6.07, 6.45) is 0. The summed E-state index contributed by atoms with van der Waals surface area (Å²) in [6.45, 7) is 0. The van der Waals surface area contributed by atoms with Gasteiger partial charge in [-0.2, -0.15) is 7.82 Å². The summed E-state index contributed by atoms with van der Waals surface area (Å²) in [4.78, 5) is 25.6. The largest absolute Gasteiger partial charge is 2.00 e. The van der Waals surface area contributed by atoms with Crippen LogP contribution < -0.4 is 44.2 Å². The molecule has 10 heavy (non-hydrogen) atoms. The van der Waals surface area contributed by atoms with Crippen LogP contribution in [0.1, 0.15) is 0 Å². The van der Waals surface area contributed by atoms with Gasteiger partial charge in [-0.15, -0.1) is 0 Å². The van der Waals surface area contributed by atoms with E-state index in [9.17, 15) is 0 Å². The van der Waals surface area contributed by atoms with E-state index in [4.69, 9.17) is 29.8 Å². The molecule has 0 aliphatic rings. The van der Waals surface area contributed by atoms with Crippen LogP contribution in [0.5, 0.6) is 0 Å². The minimum Gasteiger partial charge on any atom is -0.822 e. The molecular weight excluding hydrogens is 222 g/mol. The molecule has 58 valence electrons. The van der Waals surface area contributed by atoms with Gasteiger partial charge in [-0.25, -0.2) is 10.5 Å². The molecule has 10 heteroatoms. The van der Waals surface area contributed by atoms with Gasteiger partial charge in [0.05, 0.1) is 0 Å². The normalized spacial score (nSPS) is 7.70. The first-order valence-corrected chi connectivity index (χ1v) is 2.56. The second kappa shape index (κ2) is 13.1. The maximum absolute atomic E-state index is 8.55. The molecule has 0 saturated carbocycles. The van der Waals surface area contributed by atoms with Crippen LogP contribution in [0.4, 0.5) is 0 Å². The molecule has 0 aromatic heterocycles. The van der Waals surface area contributed by atoms with Crippen LogP contribution in [-0.2, 0) is 26.7 Å². The van der Waals surface area contributed by atoms with Crippen molar-refractivity contribution in [1.29, 1.82) is 0 Å². The van der Waals surface area contributed by atoms with Crippen LogP contribution in [-0.4, -0.2) is 10.5 Å². The van der Waals surface area contributed by atoms with E-state index in [0.29, 0.717) is 0 Å². The van der Waals surface area contributed by atoms with Crippen LogP contribution >= 0.6 is 7.82 Å². The van der Waals surface area contributed by atoms with Gasteiger partial charge in [-0.1, -0.05) is 5.04 Å². The maximum atomic E-state index is 8.55. The molecule has 0 aliphatic carbocycles. The second-order valence-electron chi connectivity index (χ2n) is 0.529. The first-order valence-electron chi connectivity index (χ1n) is 1.10. The summed E-state index contributed by atoms with van der Waals surface area (Å²) in [7, 11) is -5.39. The molecule has 0 unspecified atom stereocenters. The average molecular weight is 224 g/mol. The molecule has 0 aromatic carbocycles. The summed E-state index contributed by atoms with van der Waals surface area (Å²) in [5.41, 5.74) is 0. The van der Waals surface area contributed by atoms with Crippen molar-refractivity contribution in [3.63, 3.8) is 0 Å². The molecule has 0 aliphatic heterocycles. The molecule has 0 aromatic rings. The number of hydrogen-bond acceptors (Lipinski definition) is 7. The summed E-state index contributed by atoms with van der Waals surface area (Å²) in [5.74, 6) is 0. The first-order chi connectivity index (χ1) is 3.41. The van der Waals surface area contributed by atoms with Gasteiger partial charge in [0.1, 0.15) is 0 Å². The van der Waals surface area contributed by atoms with Gasteiger partial charge in [0.2, 0.25) is 0 Å². The third-order valence-corrected chi connectivity index (χ3v) is 0. The van der Waals surface area contributed by atoms with Gasteiger partial charge in [0.15, 0.2) is 0 Å². The van der Waals surface area contributed by atoms with Crippen molar-refractivity contribution in [2.75, 3.05) is 0 Å². The van der Waals surface area contributed by atoms with Crippen LogP contribution in [0.15, 0.2) is 0 Å². The van der Waals surface area contributed by atoms with Crippen molar-refractivity contribution < 1.29 is 81.4 Å². The minimum absolute atomic E-state index is 0. The predicted octanol–water partition coefficient (Wildman–Crippen LogP) is -5.87. The second-order valence-corrected chi connectivity index (χ2v) is 1.42. The monoisotopic (exact) mass is 224 g/mol. The molecule has 2 N–H and O–H groups in total. The zero-order valence-corrected chi connectivity index (χ0v) is 8.74. The fourth-order valence-electron chi connectivity index (χ4n) is 0. The molecule has 7 nitrogen and oxygen atoms in total. The van der Waals surface area contributed by atoms with Crippen LogP contribution in [0.3, 0.4) is 0 Å². The van der Waals surface area contributed by atoms with E-state index in [1.807, 2.05) is 0 Å². The van der Waals surface area contributed by atoms with Crippen molar-refractivity contribution in [2.45, 2.75) is 0 Å². The predicted molar refractivity (Wildman–Crippen MR) is 13.9 cm³/mol. The molecule has 0 heterocycles. The van der Waals surface area contributed by atoms with E-state index < -0.39 is 7.82 Å². The summed E-state index contributed by atoms with van der Waals surface area (Å²) in [6, 6.07) is 0. The number of rotatable bonds is 0. The Kier molecular flexibility index (Phi) is 29.6. The third-order valence-electron chi connectivity index (χ3n) is 0. The van der Waals surface area contributed by atoms with Crippen molar-refractivity contribution in [1.82, 2.24) is 0 Å². The molecule has 0 saturated heterocycles. The molecule has 0 fully saturated rings. The Labute approximate surface area is 88.9 Å². The van der Waals surface area contributed by atoms with E-state index in [2.05, 4.69) is 5.04 Å². The van der Waals surface area contributed by atoms with Crippen molar-refractivity contribution in [2.24, 2.45) is 0 Å². The van der Waals surface area contributed by atoms with Gasteiger partial charge in [-0.3, -0.25) is 0 Å². The van der Waals surface area contributed by atoms with Crippen molar-refractivity contribution in [3.8, 4) is 0 Å².